The highest BCUT2D eigenvalue weighted by Gasteiger charge is 2.30. The zero-order valence-electron chi connectivity index (χ0n) is 14.9. The second-order valence-corrected chi connectivity index (χ2v) is 7.08. The lowest BCUT2D eigenvalue weighted by atomic mass is 9.98. The van der Waals surface area contributed by atoms with E-state index in [4.69, 9.17) is 9.84 Å². The SMILES string of the molecule is O=C(O)CN1CC[C@H](NC(=O)OCC2c3ccccc3-c3ccccc32)C1. The van der Waals surface area contributed by atoms with Crippen LogP contribution in [0.25, 0.3) is 11.1 Å². The van der Waals surface area contributed by atoms with Gasteiger partial charge in [0, 0.05) is 25.0 Å². The van der Waals surface area contributed by atoms with Crippen LogP contribution in [-0.4, -0.2) is 54.4 Å². The summed E-state index contributed by atoms with van der Waals surface area (Å²) in [6.07, 6.45) is 0.288. The Morgan fingerprint density at radius 2 is 1.70 bits per heavy atom. The van der Waals surface area contributed by atoms with Gasteiger partial charge in [-0.1, -0.05) is 48.5 Å². The van der Waals surface area contributed by atoms with E-state index in [1.807, 2.05) is 29.2 Å². The van der Waals surface area contributed by atoms with Gasteiger partial charge in [0.15, 0.2) is 0 Å². The summed E-state index contributed by atoms with van der Waals surface area (Å²) in [5.41, 5.74) is 4.75. The molecule has 0 saturated carbocycles. The molecule has 1 fully saturated rings. The highest BCUT2D eigenvalue weighted by Crippen LogP contribution is 2.44. The predicted octanol–water partition coefficient (Wildman–Crippen LogP) is 2.68. The number of carbonyl (C=O) groups is 2. The van der Waals surface area contributed by atoms with Crippen LogP contribution in [-0.2, 0) is 9.53 Å². The molecule has 2 N–H and O–H groups in total. The first-order valence-corrected chi connectivity index (χ1v) is 9.17. The number of hydrogen-bond donors (Lipinski definition) is 2. The molecule has 1 aliphatic heterocycles. The number of rotatable bonds is 5. The Hall–Kier alpha value is -2.86. The van der Waals surface area contributed by atoms with Crippen LogP contribution < -0.4 is 5.32 Å². The van der Waals surface area contributed by atoms with Crippen molar-refractivity contribution in [1.29, 1.82) is 0 Å². The molecule has 2 aromatic carbocycles. The number of ether oxygens (including phenoxy) is 1. The molecule has 1 amide bonds. The summed E-state index contributed by atoms with van der Waals surface area (Å²) >= 11 is 0. The highest BCUT2D eigenvalue weighted by atomic mass is 16.5. The van der Waals surface area contributed by atoms with E-state index in [2.05, 4.69) is 29.6 Å². The predicted molar refractivity (Wildman–Crippen MR) is 101 cm³/mol. The van der Waals surface area contributed by atoms with Gasteiger partial charge in [0.05, 0.1) is 6.54 Å². The standard InChI is InChI=1S/C21H22N2O4/c24-20(25)12-23-10-9-14(11-23)22-21(26)27-13-19-17-7-3-1-5-15(17)16-6-2-4-8-18(16)19/h1-8,14,19H,9-13H2,(H,22,26)(H,24,25)/t14-/m0/s1. The van der Waals surface area contributed by atoms with Gasteiger partial charge in [-0.3, -0.25) is 9.69 Å². The van der Waals surface area contributed by atoms with Gasteiger partial charge in [-0.05, 0) is 28.7 Å². The van der Waals surface area contributed by atoms with Crippen LogP contribution in [0.15, 0.2) is 48.5 Å². The van der Waals surface area contributed by atoms with Crippen LogP contribution in [0, 0.1) is 0 Å². The number of nitrogens with one attached hydrogen (secondary N) is 1. The lowest BCUT2D eigenvalue weighted by Gasteiger charge is -2.17. The average molecular weight is 366 g/mol. The van der Waals surface area contributed by atoms with Gasteiger partial charge in [0.2, 0.25) is 0 Å². The number of amides is 1. The van der Waals surface area contributed by atoms with Crippen molar-refractivity contribution in [3.05, 3.63) is 59.7 Å². The Morgan fingerprint density at radius 1 is 1.07 bits per heavy atom. The third-order valence-electron chi connectivity index (χ3n) is 5.30. The van der Waals surface area contributed by atoms with Crippen molar-refractivity contribution in [3.63, 3.8) is 0 Å². The Bertz CT molecular complexity index is 821. The van der Waals surface area contributed by atoms with E-state index >= 15 is 0 Å². The molecule has 1 atom stereocenters. The maximum absolute atomic E-state index is 12.2. The third-order valence-corrected chi connectivity index (χ3v) is 5.30. The van der Waals surface area contributed by atoms with Crippen molar-refractivity contribution < 1.29 is 19.4 Å². The van der Waals surface area contributed by atoms with Crippen LogP contribution >= 0.6 is 0 Å². The molecule has 6 nitrogen and oxygen atoms in total. The summed E-state index contributed by atoms with van der Waals surface area (Å²) in [6.45, 7) is 1.49. The van der Waals surface area contributed by atoms with Crippen molar-refractivity contribution in [2.45, 2.75) is 18.4 Å². The Labute approximate surface area is 157 Å². The van der Waals surface area contributed by atoms with Crippen molar-refractivity contribution >= 4 is 12.1 Å². The number of aliphatic carboxylic acids is 1. The molecule has 27 heavy (non-hydrogen) atoms. The van der Waals surface area contributed by atoms with Crippen molar-refractivity contribution in [2.75, 3.05) is 26.2 Å². The second-order valence-electron chi connectivity index (χ2n) is 7.08. The molecule has 0 radical (unpaired) electrons. The number of fused-ring (bicyclic) bond motifs is 3. The van der Waals surface area contributed by atoms with Crippen LogP contribution in [0.3, 0.4) is 0 Å². The fourth-order valence-corrected chi connectivity index (χ4v) is 4.09. The molecule has 2 aromatic rings. The zero-order chi connectivity index (χ0) is 18.8. The molecule has 2 aliphatic rings. The molecule has 140 valence electrons. The van der Waals surface area contributed by atoms with Crippen LogP contribution in [0.1, 0.15) is 23.5 Å². The van der Waals surface area contributed by atoms with E-state index < -0.39 is 12.1 Å². The van der Waals surface area contributed by atoms with Gasteiger partial charge in [-0.25, -0.2) is 4.79 Å². The smallest absolute Gasteiger partial charge is 0.407 e. The van der Waals surface area contributed by atoms with E-state index in [1.54, 1.807) is 0 Å². The van der Waals surface area contributed by atoms with E-state index in [0.717, 1.165) is 6.42 Å². The molecule has 1 heterocycles. The minimum atomic E-state index is -0.850. The number of carboxylic acids is 1. The molecule has 0 aromatic heterocycles. The van der Waals surface area contributed by atoms with E-state index in [1.165, 1.54) is 22.3 Å². The number of benzene rings is 2. The molecule has 0 bridgehead atoms. The van der Waals surface area contributed by atoms with Gasteiger partial charge in [0.25, 0.3) is 0 Å². The van der Waals surface area contributed by atoms with E-state index in [9.17, 15) is 9.59 Å². The quantitative estimate of drug-likeness (QED) is 0.851. The average Bonchev–Trinajstić information content (AvgIpc) is 3.21. The maximum atomic E-state index is 12.2. The maximum Gasteiger partial charge on any atom is 0.407 e. The lowest BCUT2D eigenvalue weighted by molar-refractivity contribution is -0.138. The van der Waals surface area contributed by atoms with Crippen molar-refractivity contribution in [1.82, 2.24) is 10.2 Å². The van der Waals surface area contributed by atoms with Crippen molar-refractivity contribution in [2.24, 2.45) is 0 Å². The molecule has 4 rings (SSSR count). The largest absolute Gasteiger partial charge is 0.480 e. The molecule has 1 saturated heterocycles. The third kappa shape index (κ3) is 3.66. The monoisotopic (exact) mass is 366 g/mol. The first-order valence-electron chi connectivity index (χ1n) is 9.17. The Morgan fingerprint density at radius 3 is 2.33 bits per heavy atom. The number of carbonyl (C=O) groups excluding carboxylic acids is 1. The normalized spacial score (nSPS) is 18.7. The molecule has 0 spiro atoms. The minimum Gasteiger partial charge on any atom is -0.480 e. The fourth-order valence-electron chi connectivity index (χ4n) is 4.09. The molecular weight excluding hydrogens is 344 g/mol. The molecular formula is C21H22N2O4. The molecule has 6 heteroatoms. The van der Waals surface area contributed by atoms with Gasteiger partial charge >= 0.3 is 12.1 Å². The lowest BCUT2D eigenvalue weighted by Crippen LogP contribution is -2.38. The summed E-state index contributed by atoms with van der Waals surface area (Å²) in [6, 6.07) is 16.4. The highest BCUT2D eigenvalue weighted by molar-refractivity contribution is 5.79. The first kappa shape index (κ1) is 17.5. The number of carboxylic acid groups (broad SMARTS) is 1. The van der Waals surface area contributed by atoms with Crippen LogP contribution in [0.5, 0.6) is 0 Å². The number of hydrogen-bond acceptors (Lipinski definition) is 4. The molecule has 1 aliphatic carbocycles. The van der Waals surface area contributed by atoms with Gasteiger partial charge in [-0.2, -0.15) is 0 Å². The summed E-state index contributed by atoms with van der Waals surface area (Å²) in [5.74, 6) is -0.813. The van der Waals surface area contributed by atoms with Crippen LogP contribution in [0.2, 0.25) is 0 Å². The van der Waals surface area contributed by atoms with E-state index in [-0.39, 0.29) is 25.1 Å². The van der Waals surface area contributed by atoms with Crippen molar-refractivity contribution in [3.8, 4) is 11.1 Å². The van der Waals surface area contributed by atoms with Gasteiger partial charge < -0.3 is 15.2 Å². The summed E-state index contributed by atoms with van der Waals surface area (Å²) in [5, 5.41) is 11.7. The summed E-state index contributed by atoms with van der Waals surface area (Å²) in [7, 11) is 0. The Kier molecular flexibility index (Phi) is 4.81. The minimum absolute atomic E-state index is 0.00285. The molecule has 0 unspecified atom stereocenters. The second kappa shape index (κ2) is 7.40. The summed E-state index contributed by atoms with van der Waals surface area (Å²) in [4.78, 5) is 24.8. The van der Waals surface area contributed by atoms with Gasteiger partial charge in [-0.15, -0.1) is 0 Å². The summed E-state index contributed by atoms with van der Waals surface area (Å²) < 4.78 is 5.53. The number of alkyl carbamates (subject to hydrolysis) is 1. The number of nitrogens with zero attached hydrogens (tertiary/aromatic N) is 1. The topological polar surface area (TPSA) is 78.9 Å². The van der Waals surface area contributed by atoms with Crippen LogP contribution in [0.4, 0.5) is 4.79 Å². The first-order chi connectivity index (χ1) is 13.1. The van der Waals surface area contributed by atoms with Gasteiger partial charge in [0.1, 0.15) is 6.61 Å². The fraction of sp³-hybridized carbons (Fsp3) is 0.333. The number of likely N-dealkylation sites (tertiary alicyclic amines) is 1. The zero-order valence-corrected chi connectivity index (χ0v) is 14.9. The van der Waals surface area contributed by atoms with E-state index in [0.29, 0.717) is 13.1 Å². The Balaban J connectivity index is 1.37.